The van der Waals surface area contributed by atoms with Crippen molar-refractivity contribution in [2.24, 2.45) is 0 Å². The molecule has 29 heavy (non-hydrogen) atoms. The van der Waals surface area contributed by atoms with Crippen LogP contribution in [0.5, 0.6) is 0 Å². The van der Waals surface area contributed by atoms with Crippen molar-refractivity contribution in [1.82, 2.24) is 20.0 Å². The van der Waals surface area contributed by atoms with E-state index in [1.807, 2.05) is 60.7 Å². The van der Waals surface area contributed by atoms with Crippen molar-refractivity contribution in [3.8, 4) is 0 Å². The number of fused-ring (bicyclic) bond motifs is 1. The Hall–Kier alpha value is -3.61. The minimum Gasteiger partial charge on any atom is -0.453 e. The van der Waals surface area contributed by atoms with E-state index in [1.54, 1.807) is 9.80 Å². The number of rotatable bonds is 3. The third-order valence-corrected chi connectivity index (χ3v) is 5.09. The summed E-state index contributed by atoms with van der Waals surface area (Å²) in [5.41, 5.74) is 3.51. The third-order valence-electron chi connectivity index (χ3n) is 5.09. The summed E-state index contributed by atoms with van der Waals surface area (Å²) in [4.78, 5) is 27.6. The Kier molecular flexibility index (Phi) is 5.29. The van der Waals surface area contributed by atoms with Gasteiger partial charge in [0, 0.05) is 37.1 Å². The first-order chi connectivity index (χ1) is 14.2. The molecule has 3 aromatic rings. The van der Waals surface area contributed by atoms with Gasteiger partial charge >= 0.3 is 6.09 Å². The Labute approximate surface area is 168 Å². The van der Waals surface area contributed by atoms with Crippen LogP contribution in [0.2, 0.25) is 0 Å². The fourth-order valence-electron chi connectivity index (χ4n) is 3.43. The van der Waals surface area contributed by atoms with Gasteiger partial charge in [-0.15, -0.1) is 0 Å². The quantitative estimate of drug-likeness (QED) is 0.745. The molecule has 2 aromatic carbocycles. The number of carbonyl (C=O) groups excluding carboxylic acids is 2. The zero-order valence-electron chi connectivity index (χ0n) is 16.2. The second-order valence-electron chi connectivity index (χ2n) is 6.86. The Morgan fingerprint density at radius 3 is 2.38 bits per heavy atom. The number of benzene rings is 2. The molecular formula is C22H22N4O3. The van der Waals surface area contributed by atoms with Gasteiger partial charge < -0.3 is 14.5 Å². The number of amides is 2. The molecule has 1 aromatic heterocycles. The van der Waals surface area contributed by atoms with Crippen molar-refractivity contribution in [2.75, 3.05) is 33.3 Å². The Balaban J connectivity index is 1.40. The summed E-state index contributed by atoms with van der Waals surface area (Å²) in [5.74, 6) is -0.0247. The number of hydrogen-bond donors (Lipinski definition) is 1. The molecule has 0 saturated carbocycles. The van der Waals surface area contributed by atoms with Crippen LogP contribution in [0.25, 0.3) is 23.1 Å². The summed E-state index contributed by atoms with van der Waals surface area (Å²) < 4.78 is 4.73. The molecular weight excluding hydrogens is 368 g/mol. The third kappa shape index (κ3) is 3.99. The van der Waals surface area contributed by atoms with Crippen molar-refractivity contribution in [3.63, 3.8) is 0 Å². The summed E-state index contributed by atoms with van der Waals surface area (Å²) in [5, 5.41) is 8.42. The highest BCUT2D eigenvalue weighted by atomic mass is 16.5. The highest BCUT2D eigenvalue weighted by Gasteiger charge is 2.25. The van der Waals surface area contributed by atoms with E-state index in [1.165, 1.54) is 7.11 Å². The Morgan fingerprint density at radius 1 is 0.966 bits per heavy atom. The SMILES string of the molecule is COC(=O)N1CCN(C(=O)c2ccc(/C=C/c3n[nH]c4ccccc34)cc2)CC1. The van der Waals surface area contributed by atoms with E-state index in [9.17, 15) is 9.59 Å². The lowest BCUT2D eigenvalue weighted by Gasteiger charge is -2.33. The van der Waals surface area contributed by atoms with Gasteiger partial charge in [0.15, 0.2) is 0 Å². The molecule has 0 bridgehead atoms. The fourth-order valence-corrected chi connectivity index (χ4v) is 3.43. The highest BCUT2D eigenvalue weighted by molar-refractivity contribution is 5.95. The van der Waals surface area contributed by atoms with E-state index < -0.39 is 0 Å². The molecule has 0 aliphatic carbocycles. The van der Waals surface area contributed by atoms with Crippen LogP contribution in [0.4, 0.5) is 4.79 Å². The lowest BCUT2D eigenvalue weighted by Crippen LogP contribution is -2.50. The second kappa shape index (κ2) is 8.18. The molecule has 0 radical (unpaired) electrons. The summed E-state index contributed by atoms with van der Waals surface area (Å²) in [6.45, 7) is 1.97. The van der Waals surface area contributed by atoms with Crippen LogP contribution in [0.15, 0.2) is 48.5 Å². The Bertz CT molecular complexity index is 1050. The van der Waals surface area contributed by atoms with Crippen LogP contribution in [0.3, 0.4) is 0 Å². The number of H-pyrrole nitrogens is 1. The fraction of sp³-hybridized carbons (Fsp3) is 0.227. The average Bonchev–Trinajstić information content (AvgIpc) is 3.20. The highest BCUT2D eigenvalue weighted by Crippen LogP contribution is 2.18. The predicted molar refractivity (Wildman–Crippen MR) is 111 cm³/mol. The summed E-state index contributed by atoms with van der Waals surface area (Å²) in [6.07, 6.45) is 3.59. The number of nitrogens with zero attached hydrogens (tertiary/aromatic N) is 3. The smallest absolute Gasteiger partial charge is 0.409 e. The van der Waals surface area contributed by atoms with Gasteiger partial charge in [-0.05, 0) is 29.8 Å². The van der Waals surface area contributed by atoms with E-state index in [0.717, 1.165) is 22.2 Å². The molecule has 148 valence electrons. The normalized spacial score (nSPS) is 14.5. The zero-order valence-corrected chi connectivity index (χ0v) is 16.2. The standard InChI is InChI=1S/C22H22N4O3/c1-29-22(28)26-14-12-25(13-15-26)21(27)17-9-6-16(7-10-17)8-11-20-18-4-2-3-5-19(18)23-24-20/h2-11H,12-15H2,1H3,(H,23,24)/b11-8+. The van der Waals surface area contributed by atoms with Crippen LogP contribution in [-0.4, -0.2) is 65.3 Å². The van der Waals surface area contributed by atoms with E-state index in [-0.39, 0.29) is 12.0 Å². The van der Waals surface area contributed by atoms with Crippen LogP contribution in [-0.2, 0) is 4.74 Å². The monoisotopic (exact) mass is 390 g/mol. The number of aromatic nitrogens is 2. The van der Waals surface area contributed by atoms with Crippen LogP contribution in [0, 0.1) is 0 Å². The minimum atomic E-state index is -0.349. The van der Waals surface area contributed by atoms with Crippen molar-refractivity contribution >= 4 is 35.1 Å². The maximum atomic E-state index is 12.7. The number of para-hydroxylation sites is 1. The van der Waals surface area contributed by atoms with Gasteiger partial charge in [-0.2, -0.15) is 5.10 Å². The molecule has 1 aliphatic rings. The molecule has 1 saturated heterocycles. The minimum absolute atomic E-state index is 0.0247. The molecule has 1 aliphatic heterocycles. The van der Waals surface area contributed by atoms with E-state index >= 15 is 0 Å². The van der Waals surface area contributed by atoms with Gasteiger partial charge in [-0.25, -0.2) is 4.79 Å². The first kappa shape index (κ1) is 18.7. The van der Waals surface area contributed by atoms with Gasteiger partial charge in [0.2, 0.25) is 0 Å². The van der Waals surface area contributed by atoms with Crippen molar-refractivity contribution < 1.29 is 14.3 Å². The molecule has 0 atom stereocenters. The summed E-state index contributed by atoms with van der Waals surface area (Å²) in [6, 6.07) is 15.5. The maximum Gasteiger partial charge on any atom is 0.409 e. The number of hydrogen-bond acceptors (Lipinski definition) is 4. The number of aromatic amines is 1. The number of ether oxygens (including phenoxy) is 1. The van der Waals surface area contributed by atoms with Crippen LogP contribution < -0.4 is 0 Å². The first-order valence-corrected chi connectivity index (χ1v) is 9.49. The molecule has 7 nitrogen and oxygen atoms in total. The second-order valence-corrected chi connectivity index (χ2v) is 6.86. The van der Waals surface area contributed by atoms with Crippen molar-refractivity contribution in [2.45, 2.75) is 0 Å². The van der Waals surface area contributed by atoms with Crippen molar-refractivity contribution in [3.05, 3.63) is 65.4 Å². The average molecular weight is 390 g/mol. The molecule has 4 rings (SSSR count). The molecule has 7 heteroatoms. The Morgan fingerprint density at radius 2 is 1.66 bits per heavy atom. The number of piperazine rings is 1. The van der Waals surface area contributed by atoms with Gasteiger partial charge in [-0.1, -0.05) is 36.4 Å². The lowest BCUT2D eigenvalue weighted by molar-refractivity contribution is 0.0599. The maximum absolute atomic E-state index is 12.7. The summed E-state index contributed by atoms with van der Waals surface area (Å²) >= 11 is 0. The largest absolute Gasteiger partial charge is 0.453 e. The van der Waals surface area contributed by atoms with E-state index in [2.05, 4.69) is 10.2 Å². The first-order valence-electron chi connectivity index (χ1n) is 9.49. The van der Waals surface area contributed by atoms with E-state index in [0.29, 0.717) is 31.7 Å². The van der Waals surface area contributed by atoms with Crippen molar-refractivity contribution in [1.29, 1.82) is 0 Å². The molecule has 0 spiro atoms. The molecule has 0 unspecified atom stereocenters. The van der Waals surface area contributed by atoms with Gasteiger partial charge in [0.25, 0.3) is 5.91 Å². The predicted octanol–water partition coefficient (Wildman–Crippen LogP) is 3.26. The van der Waals surface area contributed by atoms with Gasteiger partial charge in [0.05, 0.1) is 18.3 Å². The van der Waals surface area contributed by atoms with E-state index in [4.69, 9.17) is 4.74 Å². The topological polar surface area (TPSA) is 78.5 Å². The molecule has 1 N–H and O–H groups in total. The summed E-state index contributed by atoms with van der Waals surface area (Å²) in [7, 11) is 1.37. The number of methoxy groups -OCH3 is 1. The molecule has 2 amide bonds. The molecule has 1 fully saturated rings. The van der Waals surface area contributed by atoms with Gasteiger partial charge in [0.1, 0.15) is 0 Å². The number of nitrogens with one attached hydrogen (secondary N) is 1. The van der Waals surface area contributed by atoms with Crippen LogP contribution >= 0.6 is 0 Å². The van der Waals surface area contributed by atoms with Gasteiger partial charge in [-0.3, -0.25) is 9.89 Å². The molecule has 2 heterocycles. The lowest BCUT2D eigenvalue weighted by atomic mass is 10.1. The number of carbonyl (C=O) groups is 2. The van der Waals surface area contributed by atoms with Crippen LogP contribution in [0.1, 0.15) is 21.6 Å². The zero-order chi connectivity index (χ0) is 20.2.